The monoisotopic (exact) mass is 305 g/mol. The number of nitrogens with two attached hydrogens (primary N) is 1. The number of nitrogens with zero attached hydrogens (tertiary/aromatic N) is 3. The maximum Gasteiger partial charge on any atom is 0.223 e. The van der Waals surface area contributed by atoms with Gasteiger partial charge in [-0.2, -0.15) is 0 Å². The third-order valence-corrected chi connectivity index (χ3v) is 4.92. The normalized spacial score (nSPS) is 25.3. The molecule has 6 nitrogen and oxygen atoms in total. The molecule has 0 radical (unpaired) electrons. The maximum atomic E-state index is 12.2. The van der Waals surface area contributed by atoms with Gasteiger partial charge in [0.2, 0.25) is 5.91 Å². The Kier molecular flexibility index (Phi) is 5.08. The van der Waals surface area contributed by atoms with Crippen molar-refractivity contribution >= 4 is 5.91 Å². The smallest absolute Gasteiger partial charge is 0.223 e. The van der Waals surface area contributed by atoms with E-state index in [0.29, 0.717) is 6.54 Å². The van der Waals surface area contributed by atoms with E-state index in [2.05, 4.69) is 20.1 Å². The molecular formula is C16H27N5O. The van der Waals surface area contributed by atoms with Crippen LogP contribution in [0.1, 0.15) is 56.6 Å². The van der Waals surface area contributed by atoms with Gasteiger partial charge in [0.15, 0.2) is 0 Å². The largest absolute Gasteiger partial charge is 0.355 e. The highest BCUT2D eigenvalue weighted by Crippen LogP contribution is 2.23. The van der Waals surface area contributed by atoms with Crippen molar-refractivity contribution in [2.75, 3.05) is 6.54 Å². The Morgan fingerprint density at radius 3 is 3.00 bits per heavy atom. The highest BCUT2D eigenvalue weighted by molar-refractivity contribution is 5.78. The van der Waals surface area contributed by atoms with E-state index in [1.54, 1.807) is 0 Å². The lowest BCUT2D eigenvalue weighted by Crippen LogP contribution is -2.38. The summed E-state index contributed by atoms with van der Waals surface area (Å²) in [6.07, 6.45) is 9.37. The molecule has 6 heteroatoms. The Hall–Kier alpha value is -1.43. The fourth-order valence-electron chi connectivity index (χ4n) is 3.64. The Balaban J connectivity index is 1.49. The molecular weight excluding hydrogens is 278 g/mol. The van der Waals surface area contributed by atoms with Crippen LogP contribution in [-0.2, 0) is 24.2 Å². The summed E-state index contributed by atoms with van der Waals surface area (Å²) < 4.78 is 2.25. The van der Waals surface area contributed by atoms with Gasteiger partial charge < -0.3 is 15.6 Å². The minimum atomic E-state index is 0.0965. The van der Waals surface area contributed by atoms with Crippen molar-refractivity contribution in [1.29, 1.82) is 0 Å². The van der Waals surface area contributed by atoms with E-state index < -0.39 is 0 Å². The topological polar surface area (TPSA) is 85.8 Å². The van der Waals surface area contributed by atoms with Gasteiger partial charge in [0.25, 0.3) is 0 Å². The van der Waals surface area contributed by atoms with Crippen LogP contribution in [0.3, 0.4) is 0 Å². The first-order valence-corrected chi connectivity index (χ1v) is 8.68. The average molecular weight is 305 g/mol. The van der Waals surface area contributed by atoms with E-state index in [9.17, 15) is 4.79 Å². The van der Waals surface area contributed by atoms with Gasteiger partial charge in [-0.05, 0) is 32.1 Å². The van der Waals surface area contributed by atoms with Gasteiger partial charge in [-0.25, -0.2) is 0 Å². The minimum Gasteiger partial charge on any atom is -0.355 e. The molecule has 1 aromatic rings. The second-order valence-corrected chi connectivity index (χ2v) is 6.66. The molecule has 3 rings (SSSR count). The Labute approximate surface area is 131 Å². The maximum absolute atomic E-state index is 12.2. The van der Waals surface area contributed by atoms with Gasteiger partial charge in [0.05, 0.1) is 0 Å². The number of hydrogen-bond acceptors (Lipinski definition) is 4. The number of aromatic nitrogens is 3. The van der Waals surface area contributed by atoms with Crippen molar-refractivity contribution < 1.29 is 4.79 Å². The minimum absolute atomic E-state index is 0.0965. The summed E-state index contributed by atoms with van der Waals surface area (Å²) in [6.45, 7) is 1.66. The molecule has 2 heterocycles. The Bertz CT molecular complexity index is 513. The predicted molar refractivity (Wildman–Crippen MR) is 84.2 cm³/mol. The standard InChI is InChI=1S/C16H27N5O/c17-13-6-4-5-12(11-13)16(22)18-9-8-15-20-19-14-7-2-1-3-10-21(14)15/h12-13H,1-11,17H2,(H,18,22). The van der Waals surface area contributed by atoms with E-state index in [1.165, 1.54) is 19.3 Å². The molecule has 1 fully saturated rings. The molecule has 1 aromatic heterocycles. The van der Waals surface area contributed by atoms with E-state index in [1.807, 2.05) is 0 Å². The van der Waals surface area contributed by atoms with Crippen molar-refractivity contribution in [3.05, 3.63) is 11.6 Å². The first kappa shape index (κ1) is 15.5. The molecule has 22 heavy (non-hydrogen) atoms. The number of hydrogen-bond donors (Lipinski definition) is 2. The van der Waals surface area contributed by atoms with Crippen LogP contribution in [0, 0.1) is 5.92 Å². The third-order valence-electron chi connectivity index (χ3n) is 4.92. The number of amides is 1. The van der Waals surface area contributed by atoms with Gasteiger partial charge in [0.1, 0.15) is 11.6 Å². The SMILES string of the molecule is NC1CCCC(C(=O)NCCc2nnc3n2CCCCC3)C1. The predicted octanol–water partition coefficient (Wildman–Crippen LogP) is 1.18. The number of aryl methyl sites for hydroxylation is 1. The van der Waals surface area contributed by atoms with Crippen LogP contribution in [0.5, 0.6) is 0 Å². The average Bonchev–Trinajstić information content (AvgIpc) is 2.75. The summed E-state index contributed by atoms with van der Waals surface area (Å²) in [6, 6.07) is 0.191. The Morgan fingerprint density at radius 1 is 1.23 bits per heavy atom. The van der Waals surface area contributed by atoms with E-state index >= 15 is 0 Å². The van der Waals surface area contributed by atoms with Crippen LogP contribution in [0.4, 0.5) is 0 Å². The van der Waals surface area contributed by atoms with Crippen LogP contribution in [-0.4, -0.2) is 33.3 Å². The fraction of sp³-hybridized carbons (Fsp3) is 0.812. The van der Waals surface area contributed by atoms with E-state index in [0.717, 1.165) is 56.7 Å². The molecule has 122 valence electrons. The van der Waals surface area contributed by atoms with Crippen molar-refractivity contribution in [2.45, 2.75) is 70.4 Å². The first-order valence-electron chi connectivity index (χ1n) is 8.68. The van der Waals surface area contributed by atoms with E-state index in [4.69, 9.17) is 5.73 Å². The number of carbonyl (C=O) groups is 1. The zero-order valence-electron chi connectivity index (χ0n) is 13.3. The van der Waals surface area contributed by atoms with Crippen molar-refractivity contribution in [2.24, 2.45) is 11.7 Å². The molecule has 0 aromatic carbocycles. The second-order valence-electron chi connectivity index (χ2n) is 6.66. The lowest BCUT2D eigenvalue weighted by Gasteiger charge is -2.25. The number of rotatable bonds is 4. The van der Waals surface area contributed by atoms with Crippen LogP contribution >= 0.6 is 0 Å². The van der Waals surface area contributed by atoms with Crippen molar-refractivity contribution in [1.82, 2.24) is 20.1 Å². The van der Waals surface area contributed by atoms with Crippen molar-refractivity contribution in [3.8, 4) is 0 Å². The molecule has 1 aliphatic heterocycles. The summed E-state index contributed by atoms with van der Waals surface area (Å²) in [5.74, 6) is 2.37. The molecule has 3 N–H and O–H groups in total. The summed E-state index contributed by atoms with van der Waals surface area (Å²) in [7, 11) is 0. The first-order chi connectivity index (χ1) is 10.7. The molecule has 0 saturated heterocycles. The summed E-state index contributed by atoms with van der Waals surface area (Å²) >= 11 is 0. The van der Waals surface area contributed by atoms with Crippen LogP contribution in [0.25, 0.3) is 0 Å². The quantitative estimate of drug-likeness (QED) is 0.874. The summed E-state index contributed by atoms with van der Waals surface area (Å²) in [5, 5.41) is 11.7. The van der Waals surface area contributed by atoms with Crippen LogP contribution in [0.2, 0.25) is 0 Å². The molecule has 1 amide bonds. The zero-order valence-corrected chi connectivity index (χ0v) is 13.3. The second kappa shape index (κ2) is 7.22. The fourth-order valence-corrected chi connectivity index (χ4v) is 3.64. The van der Waals surface area contributed by atoms with Crippen LogP contribution < -0.4 is 11.1 Å². The summed E-state index contributed by atoms with van der Waals surface area (Å²) in [4.78, 5) is 12.2. The number of fused-ring (bicyclic) bond motifs is 1. The lowest BCUT2D eigenvalue weighted by molar-refractivity contribution is -0.126. The van der Waals surface area contributed by atoms with Crippen LogP contribution in [0.15, 0.2) is 0 Å². The Morgan fingerprint density at radius 2 is 2.14 bits per heavy atom. The van der Waals surface area contributed by atoms with Gasteiger partial charge in [-0.15, -0.1) is 10.2 Å². The van der Waals surface area contributed by atoms with Crippen molar-refractivity contribution in [3.63, 3.8) is 0 Å². The number of carbonyl (C=O) groups excluding carboxylic acids is 1. The molecule has 2 unspecified atom stereocenters. The highest BCUT2D eigenvalue weighted by Gasteiger charge is 2.25. The van der Waals surface area contributed by atoms with Gasteiger partial charge in [-0.1, -0.05) is 12.8 Å². The number of nitrogens with one attached hydrogen (secondary N) is 1. The molecule has 1 saturated carbocycles. The lowest BCUT2D eigenvalue weighted by atomic mass is 9.85. The molecule has 0 bridgehead atoms. The molecule has 2 aliphatic rings. The van der Waals surface area contributed by atoms with Gasteiger partial charge in [-0.3, -0.25) is 4.79 Å². The molecule has 1 aliphatic carbocycles. The van der Waals surface area contributed by atoms with E-state index in [-0.39, 0.29) is 17.9 Å². The van der Waals surface area contributed by atoms with Gasteiger partial charge >= 0.3 is 0 Å². The highest BCUT2D eigenvalue weighted by atomic mass is 16.1. The molecule has 2 atom stereocenters. The van der Waals surface area contributed by atoms with Gasteiger partial charge in [0, 0.05) is 37.9 Å². The zero-order chi connectivity index (χ0) is 15.4. The third kappa shape index (κ3) is 3.66. The molecule has 0 spiro atoms. The summed E-state index contributed by atoms with van der Waals surface area (Å²) in [5.41, 5.74) is 5.96.